The van der Waals surface area contributed by atoms with Gasteiger partial charge in [0.15, 0.2) is 0 Å². The topological polar surface area (TPSA) is 90.2 Å². The molecule has 1 aliphatic heterocycles. The number of benzene rings is 2. The quantitative estimate of drug-likeness (QED) is 0.471. The third-order valence-electron chi connectivity index (χ3n) is 6.18. The maximum Gasteiger partial charge on any atom is 0.123 e. The molecule has 170 valence electrons. The van der Waals surface area contributed by atoms with Crippen molar-refractivity contribution in [3.8, 4) is 10.4 Å². The van der Waals surface area contributed by atoms with Gasteiger partial charge in [-0.2, -0.15) is 0 Å². The van der Waals surface area contributed by atoms with Crippen LogP contribution in [0.25, 0.3) is 10.4 Å². The average Bonchev–Trinajstić information content (AvgIpc) is 3.25. The third-order valence-corrected chi connectivity index (χ3v) is 7.31. The maximum atomic E-state index is 13.2. The van der Waals surface area contributed by atoms with Crippen molar-refractivity contribution in [1.29, 1.82) is 0 Å². The fraction of sp³-hybridized carbons (Fsp3) is 0.360. The first-order valence-electron chi connectivity index (χ1n) is 10.5. The van der Waals surface area contributed by atoms with Crippen LogP contribution in [0, 0.1) is 12.7 Å². The highest BCUT2D eigenvalue weighted by molar-refractivity contribution is 7.15. The lowest BCUT2D eigenvalue weighted by Gasteiger charge is -2.46. The van der Waals surface area contributed by atoms with Gasteiger partial charge in [-0.05, 0) is 60.4 Å². The molecule has 2 heterocycles. The molecule has 0 spiro atoms. The van der Waals surface area contributed by atoms with E-state index in [0.29, 0.717) is 12.0 Å². The van der Waals surface area contributed by atoms with E-state index in [1.165, 1.54) is 19.1 Å². The van der Waals surface area contributed by atoms with Crippen LogP contribution < -0.4 is 0 Å². The number of aliphatic hydroxyl groups is 4. The molecule has 5 nitrogen and oxygen atoms in total. The molecule has 32 heavy (non-hydrogen) atoms. The number of aliphatic hydroxyl groups excluding tert-OH is 4. The first-order valence-corrected chi connectivity index (χ1v) is 11.3. The fourth-order valence-corrected chi connectivity index (χ4v) is 5.08. The number of thiophene rings is 1. The van der Waals surface area contributed by atoms with E-state index < -0.39 is 36.6 Å². The zero-order chi connectivity index (χ0) is 23.0. The Hall–Kier alpha value is -2.13. The first-order chi connectivity index (χ1) is 15.2. The van der Waals surface area contributed by atoms with Crippen LogP contribution in [0.15, 0.2) is 54.6 Å². The van der Waals surface area contributed by atoms with E-state index in [4.69, 9.17) is 4.74 Å². The van der Waals surface area contributed by atoms with E-state index in [1.807, 2.05) is 37.3 Å². The normalized spacial score (nSPS) is 28.1. The molecule has 4 rings (SSSR count). The molecule has 5 atom stereocenters. The Morgan fingerprint density at radius 2 is 1.72 bits per heavy atom. The molecule has 1 aliphatic rings. The lowest BCUT2D eigenvalue weighted by molar-refractivity contribution is -0.273. The molecule has 2 aromatic carbocycles. The van der Waals surface area contributed by atoms with Gasteiger partial charge in [-0.1, -0.05) is 30.3 Å². The van der Waals surface area contributed by atoms with Crippen molar-refractivity contribution >= 4 is 11.3 Å². The molecule has 0 aliphatic carbocycles. The van der Waals surface area contributed by atoms with E-state index in [-0.39, 0.29) is 5.82 Å². The predicted octanol–water partition coefficient (Wildman–Crippen LogP) is 3.36. The lowest BCUT2D eigenvalue weighted by Crippen LogP contribution is -2.61. The van der Waals surface area contributed by atoms with Crippen LogP contribution >= 0.6 is 11.3 Å². The zero-order valence-corrected chi connectivity index (χ0v) is 18.7. The number of hydrogen-bond donors (Lipinski definition) is 4. The van der Waals surface area contributed by atoms with Gasteiger partial charge in [0.2, 0.25) is 0 Å². The molecular formula is C25H27FO5S. The standard InChI is InChI=1S/C25H27FO5S/c1-14-3-4-16(23-21(28)22(29)24(30)25(2,13-27)31-23)11-17(14)12-19-9-10-20(32-19)15-5-7-18(26)8-6-15/h3-11,21-24,27-30H,12-13H2,1-2H3/t21?,22?,23-,24-,25-/m0/s1. The number of ether oxygens (including phenoxy) is 1. The van der Waals surface area contributed by atoms with E-state index in [2.05, 4.69) is 0 Å². The Kier molecular flexibility index (Phi) is 6.49. The van der Waals surface area contributed by atoms with Crippen molar-refractivity contribution in [3.63, 3.8) is 0 Å². The van der Waals surface area contributed by atoms with Crippen LogP contribution in [-0.4, -0.2) is 50.9 Å². The molecule has 1 saturated heterocycles. The summed E-state index contributed by atoms with van der Waals surface area (Å²) in [6, 6.07) is 16.2. The summed E-state index contributed by atoms with van der Waals surface area (Å²) in [4.78, 5) is 2.18. The molecule has 0 radical (unpaired) electrons. The van der Waals surface area contributed by atoms with Gasteiger partial charge >= 0.3 is 0 Å². The Morgan fingerprint density at radius 3 is 2.41 bits per heavy atom. The van der Waals surface area contributed by atoms with Crippen LogP contribution in [0.3, 0.4) is 0 Å². The number of rotatable bonds is 5. The second-order valence-electron chi connectivity index (χ2n) is 8.57. The predicted molar refractivity (Wildman–Crippen MR) is 121 cm³/mol. The van der Waals surface area contributed by atoms with Gasteiger partial charge in [-0.15, -0.1) is 11.3 Å². The SMILES string of the molecule is Cc1ccc([C@@H]2O[C@@](C)(CO)[C@@H](O)C(O)C2O)cc1Cc1ccc(-c2ccc(F)cc2)s1. The molecule has 0 bridgehead atoms. The molecule has 7 heteroatoms. The van der Waals surface area contributed by atoms with Gasteiger partial charge in [-0.25, -0.2) is 4.39 Å². The Balaban J connectivity index is 1.59. The zero-order valence-electron chi connectivity index (χ0n) is 17.9. The van der Waals surface area contributed by atoms with Gasteiger partial charge in [0.05, 0.1) is 6.61 Å². The van der Waals surface area contributed by atoms with Crippen molar-refractivity contribution in [2.45, 2.75) is 50.3 Å². The maximum absolute atomic E-state index is 13.2. The summed E-state index contributed by atoms with van der Waals surface area (Å²) in [7, 11) is 0. The van der Waals surface area contributed by atoms with Crippen molar-refractivity contribution in [1.82, 2.24) is 0 Å². The van der Waals surface area contributed by atoms with E-state index in [1.54, 1.807) is 23.5 Å². The Labute approximate surface area is 190 Å². The van der Waals surface area contributed by atoms with E-state index >= 15 is 0 Å². The van der Waals surface area contributed by atoms with Crippen LogP contribution in [-0.2, 0) is 11.2 Å². The minimum absolute atomic E-state index is 0.264. The summed E-state index contributed by atoms with van der Waals surface area (Å²) >= 11 is 1.63. The van der Waals surface area contributed by atoms with Crippen molar-refractivity contribution < 1.29 is 29.6 Å². The summed E-state index contributed by atoms with van der Waals surface area (Å²) in [6.07, 6.45) is -4.39. The highest BCUT2D eigenvalue weighted by Crippen LogP contribution is 2.39. The second-order valence-corrected chi connectivity index (χ2v) is 9.74. The number of hydrogen-bond acceptors (Lipinski definition) is 6. The van der Waals surface area contributed by atoms with Crippen LogP contribution in [0.2, 0.25) is 0 Å². The van der Waals surface area contributed by atoms with Gasteiger partial charge in [-0.3, -0.25) is 0 Å². The van der Waals surface area contributed by atoms with Crippen molar-refractivity contribution in [2.24, 2.45) is 0 Å². The second kappa shape index (κ2) is 9.02. The van der Waals surface area contributed by atoms with Crippen molar-refractivity contribution in [2.75, 3.05) is 6.61 Å². The van der Waals surface area contributed by atoms with Crippen LogP contribution in [0.5, 0.6) is 0 Å². The van der Waals surface area contributed by atoms with Crippen LogP contribution in [0.4, 0.5) is 4.39 Å². The van der Waals surface area contributed by atoms with Gasteiger partial charge in [0.1, 0.15) is 35.8 Å². The molecular weight excluding hydrogens is 431 g/mol. The third kappa shape index (κ3) is 4.37. The minimum atomic E-state index is -1.44. The Morgan fingerprint density at radius 1 is 1.00 bits per heavy atom. The smallest absolute Gasteiger partial charge is 0.123 e. The molecule has 0 amide bonds. The molecule has 4 N–H and O–H groups in total. The summed E-state index contributed by atoms with van der Waals surface area (Å²) in [5.74, 6) is -0.264. The largest absolute Gasteiger partial charge is 0.393 e. The summed E-state index contributed by atoms with van der Waals surface area (Å²) in [5, 5.41) is 40.8. The summed E-state index contributed by atoms with van der Waals surface area (Å²) in [6.45, 7) is 3.02. The van der Waals surface area contributed by atoms with Gasteiger partial charge < -0.3 is 25.2 Å². The first kappa shape index (κ1) is 23.0. The highest BCUT2D eigenvalue weighted by atomic mass is 32.1. The molecule has 0 saturated carbocycles. The summed E-state index contributed by atoms with van der Waals surface area (Å²) < 4.78 is 19.1. The van der Waals surface area contributed by atoms with Gasteiger partial charge in [0, 0.05) is 16.2 Å². The number of halogens is 1. The minimum Gasteiger partial charge on any atom is -0.393 e. The summed E-state index contributed by atoms with van der Waals surface area (Å²) in [5.41, 5.74) is 2.35. The monoisotopic (exact) mass is 458 g/mol. The highest BCUT2D eigenvalue weighted by Gasteiger charge is 2.50. The van der Waals surface area contributed by atoms with Crippen molar-refractivity contribution in [3.05, 3.63) is 82.0 Å². The Bertz CT molecular complexity index is 1080. The van der Waals surface area contributed by atoms with Crippen LogP contribution in [0.1, 0.15) is 34.6 Å². The average molecular weight is 459 g/mol. The fourth-order valence-electron chi connectivity index (χ4n) is 4.04. The van der Waals surface area contributed by atoms with E-state index in [9.17, 15) is 24.8 Å². The molecule has 2 unspecified atom stereocenters. The molecule has 3 aromatic rings. The number of aryl methyl sites for hydroxylation is 1. The van der Waals surface area contributed by atoms with E-state index in [0.717, 1.165) is 26.4 Å². The molecule has 1 aromatic heterocycles. The van der Waals surface area contributed by atoms with Gasteiger partial charge in [0.25, 0.3) is 0 Å². The molecule has 1 fully saturated rings. The lowest BCUT2D eigenvalue weighted by atomic mass is 9.84.